The van der Waals surface area contributed by atoms with Gasteiger partial charge >= 0.3 is 12.3 Å². The number of halogens is 3. The molecule has 0 radical (unpaired) electrons. The highest BCUT2D eigenvalue weighted by atomic mass is 19.4. The van der Waals surface area contributed by atoms with Gasteiger partial charge in [-0.05, 0) is 35.1 Å². The van der Waals surface area contributed by atoms with Crippen LogP contribution in [0.15, 0.2) is 48.5 Å². The van der Waals surface area contributed by atoms with E-state index in [0.29, 0.717) is 6.42 Å². The molecule has 4 nitrogen and oxygen atoms in total. The number of hydrogen-bond acceptors (Lipinski definition) is 3. The molecule has 4 rings (SSSR count). The third kappa shape index (κ3) is 3.59. The molecular weight excluding hydrogens is 383 g/mol. The highest BCUT2D eigenvalue weighted by Gasteiger charge is 2.51. The standard InChI is InChI=1S/C22H22F3NO3/c23-22(24,25)20-14(12-27)6-5-11-26(20)21(28)29-13-19-17-9-3-1-7-15(17)16-8-2-4-10-18(16)19/h1-4,7-10,14,19-20,27H,5-6,11-13H2/t14-,20-/m0/s1. The molecule has 0 bridgehead atoms. The Labute approximate surface area is 166 Å². The van der Waals surface area contributed by atoms with E-state index < -0.39 is 30.8 Å². The quantitative estimate of drug-likeness (QED) is 0.814. The second-order valence-corrected chi connectivity index (χ2v) is 7.57. The van der Waals surface area contributed by atoms with Gasteiger partial charge in [0.25, 0.3) is 0 Å². The average Bonchev–Trinajstić information content (AvgIpc) is 3.04. The lowest BCUT2D eigenvalue weighted by Gasteiger charge is -2.40. The van der Waals surface area contributed by atoms with Crippen molar-refractivity contribution in [3.63, 3.8) is 0 Å². The van der Waals surface area contributed by atoms with E-state index in [1.807, 2.05) is 48.5 Å². The Morgan fingerprint density at radius 1 is 1.07 bits per heavy atom. The minimum absolute atomic E-state index is 0.0300. The van der Waals surface area contributed by atoms with Crippen molar-refractivity contribution >= 4 is 6.09 Å². The van der Waals surface area contributed by atoms with Gasteiger partial charge in [0.15, 0.2) is 0 Å². The van der Waals surface area contributed by atoms with E-state index in [1.54, 1.807) is 0 Å². The SMILES string of the molecule is O=C(OCC1c2ccccc2-c2ccccc21)N1CCC[C@@H](CO)[C@H]1C(F)(F)F. The van der Waals surface area contributed by atoms with Crippen LogP contribution in [0.5, 0.6) is 0 Å². The molecule has 7 heteroatoms. The molecule has 1 N–H and O–H groups in total. The summed E-state index contributed by atoms with van der Waals surface area (Å²) in [5.41, 5.74) is 4.10. The summed E-state index contributed by atoms with van der Waals surface area (Å²) in [6.45, 7) is -0.674. The van der Waals surface area contributed by atoms with Crippen LogP contribution in [0.3, 0.4) is 0 Å². The fourth-order valence-electron chi connectivity index (χ4n) is 4.59. The Kier molecular flexibility index (Phi) is 5.25. The van der Waals surface area contributed by atoms with Crippen molar-refractivity contribution in [2.45, 2.75) is 31.0 Å². The maximum absolute atomic E-state index is 13.6. The summed E-state index contributed by atoms with van der Waals surface area (Å²) >= 11 is 0. The molecule has 1 aliphatic carbocycles. The molecule has 1 fully saturated rings. The summed E-state index contributed by atoms with van der Waals surface area (Å²) in [4.78, 5) is 13.4. The Morgan fingerprint density at radius 3 is 2.21 bits per heavy atom. The van der Waals surface area contributed by atoms with Crippen molar-refractivity contribution in [3.8, 4) is 11.1 Å². The predicted octanol–water partition coefficient (Wildman–Crippen LogP) is 4.57. The van der Waals surface area contributed by atoms with Gasteiger partial charge in [-0.15, -0.1) is 0 Å². The minimum atomic E-state index is -4.61. The zero-order valence-corrected chi connectivity index (χ0v) is 15.7. The van der Waals surface area contributed by atoms with Crippen LogP contribution >= 0.6 is 0 Å². The van der Waals surface area contributed by atoms with Crippen molar-refractivity contribution in [2.75, 3.05) is 19.8 Å². The first kappa shape index (κ1) is 19.8. The zero-order valence-electron chi connectivity index (χ0n) is 15.7. The number of aliphatic hydroxyl groups excluding tert-OH is 1. The lowest BCUT2D eigenvalue weighted by Crippen LogP contribution is -2.56. The second kappa shape index (κ2) is 7.71. The maximum Gasteiger partial charge on any atom is 0.410 e. The topological polar surface area (TPSA) is 49.8 Å². The van der Waals surface area contributed by atoms with E-state index in [1.165, 1.54) is 0 Å². The number of benzene rings is 2. The Morgan fingerprint density at radius 2 is 1.66 bits per heavy atom. The Balaban J connectivity index is 1.54. The van der Waals surface area contributed by atoms with Crippen LogP contribution in [-0.4, -0.2) is 48.1 Å². The van der Waals surface area contributed by atoms with Crippen LogP contribution in [0.2, 0.25) is 0 Å². The maximum atomic E-state index is 13.6. The number of carbonyl (C=O) groups excluding carboxylic acids is 1. The second-order valence-electron chi connectivity index (χ2n) is 7.57. The molecule has 29 heavy (non-hydrogen) atoms. The van der Waals surface area contributed by atoms with Crippen LogP contribution in [-0.2, 0) is 4.74 Å². The molecule has 2 atom stereocenters. The average molecular weight is 405 g/mol. The lowest BCUT2D eigenvalue weighted by atomic mass is 9.89. The third-order valence-electron chi connectivity index (χ3n) is 5.90. The van der Waals surface area contributed by atoms with Gasteiger partial charge in [-0.25, -0.2) is 4.79 Å². The molecule has 0 saturated carbocycles. The molecular formula is C22H22F3NO3. The summed E-state index contributed by atoms with van der Waals surface area (Å²) in [5, 5.41) is 9.37. The smallest absolute Gasteiger partial charge is 0.410 e. The normalized spacial score (nSPS) is 21.6. The molecule has 0 spiro atoms. The number of alkyl halides is 3. The number of nitrogens with zero attached hydrogens (tertiary/aromatic N) is 1. The monoisotopic (exact) mass is 405 g/mol. The highest BCUT2D eigenvalue weighted by Crippen LogP contribution is 2.44. The largest absolute Gasteiger partial charge is 0.448 e. The van der Waals surface area contributed by atoms with E-state index in [4.69, 9.17) is 4.74 Å². The van der Waals surface area contributed by atoms with Crippen LogP contribution in [0.1, 0.15) is 29.9 Å². The van der Waals surface area contributed by atoms with Crippen LogP contribution < -0.4 is 0 Å². The van der Waals surface area contributed by atoms with Gasteiger partial charge in [0.2, 0.25) is 0 Å². The molecule has 2 aliphatic rings. The highest BCUT2D eigenvalue weighted by molar-refractivity contribution is 5.79. The van der Waals surface area contributed by atoms with Crippen LogP contribution in [0.4, 0.5) is 18.0 Å². The van der Waals surface area contributed by atoms with Gasteiger partial charge in [-0.3, -0.25) is 4.90 Å². The fraction of sp³-hybridized carbons (Fsp3) is 0.409. The molecule has 1 amide bonds. The van der Waals surface area contributed by atoms with E-state index in [-0.39, 0.29) is 25.5 Å². The molecule has 0 aromatic heterocycles. The van der Waals surface area contributed by atoms with Crippen molar-refractivity contribution < 1.29 is 27.8 Å². The summed E-state index contributed by atoms with van der Waals surface area (Å²) in [6, 6.07) is 13.5. The minimum Gasteiger partial charge on any atom is -0.448 e. The molecule has 2 aromatic carbocycles. The number of fused-ring (bicyclic) bond motifs is 3. The van der Waals surface area contributed by atoms with E-state index in [9.17, 15) is 23.1 Å². The molecule has 2 aromatic rings. The number of amides is 1. The summed E-state index contributed by atoms with van der Waals surface area (Å²) in [7, 11) is 0. The van der Waals surface area contributed by atoms with E-state index >= 15 is 0 Å². The number of rotatable bonds is 3. The van der Waals surface area contributed by atoms with Crippen LogP contribution in [0, 0.1) is 5.92 Å². The molecule has 0 unspecified atom stereocenters. The van der Waals surface area contributed by atoms with Crippen LogP contribution in [0.25, 0.3) is 11.1 Å². The van der Waals surface area contributed by atoms with Gasteiger partial charge in [0, 0.05) is 25.0 Å². The van der Waals surface area contributed by atoms with Crippen molar-refractivity contribution in [2.24, 2.45) is 5.92 Å². The number of carbonyl (C=O) groups is 1. The van der Waals surface area contributed by atoms with Gasteiger partial charge in [0.1, 0.15) is 12.6 Å². The Bertz CT molecular complexity index is 853. The number of likely N-dealkylation sites (tertiary alicyclic amines) is 1. The predicted molar refractivity (Wildman–Crippen MR) is 101 cm³/mol. The molecule has 1 saturated heterocycles. The molecule has 1 aliphatic heterocycles. The van der Waals surface area contributed by atoms with Gasteiger partial charge in [-0.2, -0.15) is 13.2 Å². The Hall–Kier alpha value is -2.54. The van der Waals surface area contributed by atoms with E-state index in [2.05, 4.69) is 0 Å². The first-order valence-electron chi connectivity index (χ1n) is 9.71. The number of piperidine rings is 1. The van der Waals surface area contributed by atoms with E-state index in [0.717, 1.165) is 27.2 Å². The number of aliphatic hydroxyl groups is 1. The molecule has 1 heterocycles. The first-order valence-corrected chi connectivity index (χ1v) is 9.71. The van der Waals surface area contributed by atoms with Crippen molar-refractivity contribution in [1.82, 2.24) is 4.90 Å². The summed E-state index contributed by atoms with van der Waals surface area (Å²) < 4.78 is 46.1. The van der Waals surface area contributed by atoms with Gasteiger partial charge in [-0.1, -0.05) is 48.5 Å². The zero-order chi connectivity index (χ0) is 20.6. The lowest BCUT2D eigenvalue weighted by molar-refractivity contribution is -0.203. The third-order valence-corrected chi connectivity index (χ3v) is 5.90. The van der Waals surface area contributed by atoms with Crippen molar-refractivity contribution in [3.05, 3.63) is 59.7 Å². The van der Waals surface area contributed by atoms with Gasteiger partial charge in [0.05, 0.1) is 0 Å². The number of ether oxygens (including phenoxy) is 1. The van der Waals surface area contributed by atoms with Gasteiger partial charge < -0.3 is 9.84 Å². The summed E-state index contributed by atoms with van der Waals surface area (Å²) in [6.07, 6.45) is -4.96. The fourth-order valence-corrected chi connectivity index (χ4v) is 4.59. The first-order chi connectivity index (χ1) is 13.9. The molecule has 154 valence electrons. The number of hydrogen-bond donors (Lipinski definition) is 1. The van der Waals surface area contributed by atoms with Crippen molar-refractivity contribution in [1.29, 1.82) is 0 Å². The summed E-state index contributed by atoms with van der Waals surface area (Å²) in [5.74, 6) is -1.24.